The van der Waals surface area contributed by atoms with Crippen molar-refractivity contribution in [2.45, 2.75) is 59.1 Å². The first-order valence-corrected chi connectivity index (χ1v) is 7.54. The van der Waals surface area contributed by atoms with Crippen LogP contribution in [-0.4, -0.2) is 52.3 Å². The lowest BCUT2D eigenvalue weighted by Gasteiger charge is -2.28. The summed E-state index contributed by atoms with van der Waals surface area (Å²) in [6.45, 7) is 8.93. The third kappa shape index (κ3) is 6.33. The van der Waals surface area contributed by atoms with E-state index in [0.29, 0.717) is 19.5 Å². The molecular formula is C15H28N2O4. The van der Waals surface area contributed by atoms with Crippen LogP contribution in [0.15, 0.2) is 0 Å². The second kappa shape index (κ2) is 7.11. The Bertz CT molecular complexity index is 376. The van der Waals surface area contributed by atoms with Gasteiger partial charge in [0.15, 0.2) is 0 Å². The van der Waals surface area contributed by atoms with E-state index in [1.165, 1.54) is 0 Å². The van der Waals surface area contributed by atoms with Gasteiger partial charge in [0, 0.05) is 25.0 Å². The van der Waals surface area contributed by atoms with Crippen molar-refractivity contribution in [2.24, 2.45) is 11.3 Å². The fourth-order valence-corrected chi connectivity index (χ4v) is 2.76. The van der Waals surface area contributed by atoms with Crippen LogP contribution in [0.25, 0.3) is 0 Å². The number of rotatable bonds is 5. The summed E-state index contributed by atoms with van der Waals surface area (Å²) in [4.78, 5) is 24.8. The molecule has 1 heterocycles. The number of carboxylic acid groups (broad SMARTS) is 1. The van der Waals surface area contributed by atoms with Crippen LogP contribution in [0.5, 0.6) is 0 Å². The molecule has 0 aromatic rings. The first-order chi connectivity index (χ1) is 9.58. The minimum absolute atomic E-state index is 0.0550. The number of hydrogen-bond acceptors (Lipinski definition) is 3. The van der Waals surface area contributed by atoms with Gasteiger partial charge in [0.05, 0.1) is 12.5 Å². The Morgan fingerprint density at radius 1 is 1.38 bits per heavy atom. The molecule has 3 N–H and O–H groups in total. The number of nitrogens with one attached hydrogen (secondary N) is 1. The summed E-state index contributed by atoms with van der Waals surface area (Å²) >= 11 is 0. The topological polar surface area (TPSA) is 89.9 Å². The predicted molar refractivity (Wildman–Crippen MR) is 80.0 cm³/mol. The van der Waals surface area contributed by atoms with E-state index in [4.69, 9.17) is 5.11 Å². The summed E-state index contributed by atoms with van der Waals surface area (Å²) in [6, 6.07) is -0.603. The van der Waals surface area contributed by atoms with Gasteiger partial charge in [-0.05, 0) is 25.2 Å². The Balaban J connectivity index is 2.58. The number of likely N-dealkylation sites (tertiary alicyclic amines) is 1. The van der Waals surface area contributed by atoms with Gasteiger partial charge in [0.1, 0.15) is 0 Å². The Morgan fingerprint density at radius 2 is 2.00 bits per heavy atom. The summed E-state index contributed by atoms with van der Waals surface area (Å²) in [5.41, 5.74) is -0.0550. The minimum atomic E-state index is -0.909. The minimum Gasteiger partial charge on any atom is -0.481 e. The number of nitrogens with zero attached hydrogens (tertiary/aromatic N) is 1. The number of amides is 2. The van der Waals surface area contributed by atoms with Crippen LogP contribution in [0.1, 0.15) is 47.0 Å². The van der Waals surface area contributed by atoms with Crippen molar-refractivity contribution in [2.75, 3.05) is 13.1 Å². The van der Waals surface area contributed by atoms with E-state index in [-0.39, 0.29) is 29.8 Å². The van der Waals surface area contributed by atoms with E-state index in [9.17, 15) is 14.7 Å². The van der Waals surface area contributed by atoms with Crippen LogP contribution in [0.2, 0.25) is 0 Å². The van der Waals surface area contributed by atoms with Crippen LogP contribution in [-0.2, 0) is 4.79 Å². The van der Waals surface area contributed by atoms with E-state index < -0.39 is 12.1 Å². The van der Waals surface area contributed by atoms with E-state index in [0.717, 1.165) is 6.42 Å². The zero-order chi connectivity index (χ0) is 16.2. The normalized spacial score (nSPS) is 22.0. The van der Waals surface area contributed by atoms with Crippen molar-refractivity contribution in [3.8, 4) is 0 Å². The monoisotopic (exact) mass is 300 g/mol. The SMILES string of the molecule is CC(O)C1CCN(C(=O)NC(CC(=O)O)CC(C)(C)C)C1. The zero-order valence-corrected chi connectivity index (χ0v) is 13.4. The van der Waals surface area contributed by atoms with Crippen LogP contribution < -0.4 is 5.32 Å². The number of urea groups is 1. The first-order valence-electron chi connectivity index (χ1n) is 7.54. The van der Waals surface area contributed by atoms with Crippen LogP contribution >= 0.6 is 0 Å². The van der Waals surface area contributed by atoms with Gasteiger partial charge in [0.25, 0.3) is 0 Å². The number of hydrogen-bond donors (Lipinski definition) is 3. The molecule has 3 unspecified atom stereocenters. The summed E-state index contributed by atoms with van der Waals surface area (Å²) < 4.78 is 0. The zero-order valence-electron chi connectivity index (χ0n) is 13.4. The Hall–Kier alpha value is -1.30. The lowest BCUT2D eigenvalue weighted by Crippen LogP contribution is -2.46. The van der Waals surface area contributed by atoms with Gasteiger partial charge >= 0.3 is 12.0 Å². The molecular weight excluding hydrogens is 272 g/mol. The van der Waals surface area contributed by atoms with Gasteiger partial charge in [-0.2, -0.15) is 0 Å². The van der Waals surface area contributed by atoms with E-state index in [1.807, 2.05) is 20.8 Å². The molecule has 0 aromatic carbocycles. The number of aliphatic carboxylic acids is 1. The maximum atomic E-state index is 12.2. The standard InChI is InChI=1S/C15H28N2O4/c1-10(18)11-5-6-17(9-11)14(21)16-12(7-13(19)20)8-15(2,3)4/h10-12,18H,5-9H2,1-4H3,(H,16,21)(H,19,20). The highest BCUT2D eigenvalue weighted by Gasteiger charge is 2.31. The molecule has 1 rings (SSSR count). The third-order valence-corrected chi connectivity index (χ3v) is 3.80. The van der Waals surface area contributed by atoms with Gasteiger partial charge in [-0.25, -0.2) is 4.79 Å². The fourth-order valence-electron chi connectivity index (χ4n) is 2.76. The van der Waals surface area contributed by atoms with Crippen molar-refractivity contribution in [3.63, 3.8) is 0 Å². The highest BCUT2D eigenvalue weighted by Crippen LogP contribution is 2.23. The van der Waals surface area contributed by atoms with Gasteiger partial charge in [-0.15, -0.1) is 0 Å². The number of aliphatic hydroxyl groups is 1. The number of carbonyl (C=O) groups is 2. The number of aliphatic hydroxyl groups excluding tert-OH is 1. The van der Waals surface area contributed by atoms with Crippen LogP contribution in [0.4, 0.5) is 4.79 Å². The molecule has 0 saturated carbocycles. The summed E-state index contributed by atoms with van der Waals surface area (Å²) in [6.07, 6.45) is 0.899. The Labute approximate surface area is 126 Å². The quantitative estimate of drug-likeness (QED) is 0.720. The molecule has 0 aromatic heterocycles. The largest absolute Gasteiger partial charge is 0.481 e. The second-order valence-electron chi connectivity index (χ2n) is 7.24. The Morgan fingerprint density at radius 3 is 2.43 bits per heavy atom. The number of carboxylic acids is 1. The molecule has 3 atom stereocenters. The summed E-state index contributed by atoms with van der Waals surface area (Å²) in [7, 11) is 0. The van der Waals surface area contributed by atoms with Crippen LogP contribution in [0.3, 0.4) is 0 Å². The Kier molecular flexibility index (Phi) is 6.01. The van der Waals surface area contributed by atoms with Crippen molar-refractivity contribution in [3.05, 3.63) is 0 Å². The first kappa shape index (κ1) is 17.8. The molecule has 122 valence electrons. The summed E-state index contributed by atoms with van der Waals surface area (Å²) in [5, 5.41) is 21.4. The van der Waals surface area contributed by atoms with Crippen LogP contribution in [0, 0.1) is 11.3 Å². The molecule has 1 fully saturated rings. The van der Waals surface area contributed by atoms with Crippen molar-refractivity contribution in [1.29, 1.82) is 0 Å². The molecule has 21 heavy (non-hydrogen) atoms. The molecule has 0 aliphatic carbocycles. The van der Waals surface area contributed by atoms with Crippen molar-refractivity contribution >= 4 is 12.0 Å². The second-order valence-corrected chi connectivity index (χ2v) is 7.24. The molecule has 1 aliphatic heterocycles. The maximum absolute atomic E-state index is 12.2. The molecule has 1 aliphatic rings. The third-order valence-electron chi connectivity index (χ3n) is 3.80. The maximum Gasteiger partial charge on any atom is 0.317 e. The summed E-state index contributed by atoms with van der Waals surface area (Å²) in [5.74, 6) is -0.802. The highest BCUT2D eigenvalue weighted by atomic mass is 16.4. The molecule has 0 bridgehead atoms. The van der Waals surface area contributed by atoms with Crippen molar-refractivity contribution < 1.29 is 19.8 Å². The van der Waals surface area contributed by atoms with Gasteiger partial charge in [-0.1, -0.05) is 20.8 Å². The average molecular weight is 300 g/mol. The van der Waals surface area contributed by atoms with E-state index >= 15 is 0 Å². The fraction of sp³-hybridized carbons (Fsp3) is 0.867. The van der Waals surface area contributed by atoms with Gasteiger partial charge in [0.2, 0.25) is 0 Å². The lowest BCUT2D eigenvalue weighted by molar-refractivity contribution is -0.137. The lowest BCUT2D eigenvalue weighted by atomic mass is 9.87. The van der Waals surface area contributed by atoms with E-state index in [1.54, 1.807) is 11.8 Å². The highest BCUT2D eigenvalue weighted by molar-refractivity contribution is 5.76. The van der Waals surface area contributed by atoms with Gasteiger partial charge in [-0.3, -0.25) is 4.79 Å². The number of carbonyl (C=O) groups excluding carboxylic acids is 1. The average Bonchev–Trinajstić information content (AvgIpc) is 2.74. The van der Waals surface area contributed by atoms with Gasteiger partial charge < -0.3 is 20.4 Å². The predicted octanol–water partition coefficient (Wildman–Crippen LogP) is 1.68. The molecule has 0 radical (unpaired) electrons. The molecule has 6 nitrogen and oxygen atoms in total. The smallest absolute Gasteiger partial charge is 0.317 e. The van der Waals surface area contributed by atoms with Crippen molar-refractivity contribution in [1.82, 2.24) is 10.2 Å². The molecule has 6 heteroatoms. The molecule has 1 saturated heterocycles. The molecule has 0 spiro atoms. The van der Waals surface area contributed by atoms with E-state index in [2.05, 4.69) is 5.32 Å². The molecule has 2 amide bonds.